The van der Waals surface area contributed by atoms with Crippen molar-refractivity contribution >= 4 is 17.2 Å². The summed E-state index contributed by atoms with van der Waals surface area (Å²) in [5.41, 5.74) is 0.919. The third-order valence-electron chi connectivity index (χ3n) is 3.22. The van der Waals surface area contributed by atoms with Crippen LogP contribution in [0.15, 0.2) is 30.3 Å². The van der Waals surface area contributed by atoms with E-state index in [-0.39, 0.29) is 5.91 Å². The quantitative estimate of drug-likeness (QED) is 0.758. The first-order valence-electron chi connectivity index (χ1n) is 7.58. The van der Waals surface area contributed by atoms with E-state index in [1.807, 2.05) is 37.3 Å². The summed E-state index contributed by atoms with van der Waals surface area (Å²) in [6.45, 7) is 5.24. The minimum Gasteiger partial charge on any atom is -0.486 e. The molecular weight excluding hydrogens is 296 g/mol. The zero-order valence-corrected chi connectivity index (χ0v) is 13.9. The summed E-state index contributed by atoms with van der Waals surface area (Å²) in [5, 5.41) is 3.84. The van der Waals surface area contributed by atoms with Crippen LogP contribution in [0, 0.1) is 6.92 Å². The fourth-order valence-electron chi connectivity index (χ4n) is 1.99. The van der Waals surface area contributed by atoms with Crippen molar-refractivity contribution < 1.29 is 9.53 Å². The third kappa shape index (κ3) is 5.15. The van der Waals surface area contributed by atoms with Crippen LogP contribution in [0.25, 0.3) is 0 Å². The van der Waals surface area contributed by atoms with Crippen molar-refractivity contribution in [2.24, 2.45) is 0 Å². The maximum atomic E-state index is 11.9. The fourth-order valence-corrected chi connectivity index (χ4v) is 2.97. The van der Waals surface area contributed by atoms with E-state index in [2.05, 4.69) is 17.2 Å². The molecule has 2 aromatic rings. The molecule has 5 heteroatoms. The van der Waals surface area contributed by atoms with Crippen molar-refractivity contribution in [2.75, 3.05) is 6.54 Å². The third-order valence-corrected chi connectivity index (χ3v) is 4.35. The van der Waals surface area contributed by atoms with E-state index in [4.69, 9.17) is 4.74 Å². The molecule has 1 aromatic heterocycles. The molecule has 0 fully saturated rings. The van der Waals surface area contributed by atoms with E-state index in [0.717, 1.165) is 40.7 Å². The number of aryl methyl sites for hydroxylation is 1. The molecule has 0 unspecified atom stereocenters. The Morgan fingerprint density at radius 3 is 2.82 bits per heavy atom. The normalized spacial score (nSPS) is 10.5. The van der Waals surface area contributed by atoms with Crippen molar-refractivity contribution in [1.82, 2.24) is 10.3 Å². The number of para-hydroxylation sites is 1. The second-order valence-electron chi connectivity index (χ2n) is 5.10. The molecule has 1 N–H and O–H groups in total. The smallest absolute Gasteiger partial charge is 0.225 e. The van der Waals surface area contributed by atoms with Gasteiger partial charge in [0.2, 0.25) is 5.91 Å². The highest BCUT2D eigenvalue weighted by molar-refractivity contribution is 7.11. The van der Waals surface area contributed by atoms with Crippen LogP contribution in [0.4, 0.5) is 0 Å². The van der Waals surface area contributed by atoms with Gasteiger partial charge in [-0.05, 0) is 25.5 Å². The Morgan fingerprint density at radius 2 is 2.09 bits per heavy atom. The molecule has 0 spiro atoms. The molecule has 1 amide bonds. The van der Waals surface area contributed by atoms with Gasteiger partial charge in [-0.15, -0.1) is 11.3 Å². The van der Waals surface area contributed by atoms with Crippen LogP contribution in [-0.2, 0) is 17.8 Å². The summed E-state index contributed by atoms with van der Waals surface area (Å²) in [5.74, 6) is 0.893. The lowest BCUT2D eigenvalue weighted by Crippen LogP contribution is -2.25. The molecule has 4 nitrogen and oxygen atoms in total. The van der Waals surface area contributed by atoms with Crippen LogP contribution < -0.4 is 10.1 Å². The minimum atomic E-state index is 0.0655. The highest BCUT2D eigenvalue weighted by Crippen LogP contribution is 2.20. The van der Waals surface area contributed by atoms with E-state index < -0.39 is 0 Å². The summed E-state index contributed by atoms with van der Waals surface area (Å²) in [4.78, 5) is 17.4. The summed E-state index contributed by atoms with van der Waals surface area (Å²) in [7, 11) is 0. The van der Waals surface area contributed by atoms with Gasteiger partial charge in [-0.1, -0.05) is 31.5 Å². The molecule has 0 saturated heterocycles. The molecule has 0 saturated carbocycles. The van der Waals surface area contributed by atoms with Crippen molar-refractivity contribution in [3.05, 3.63) is 45.9 Å². The second-order valence-corrected chi connectivity index (χ2v) is 6.27. The van der Waals surface area contributed by atoms with Gasteiger partial charge in [0.25, 0.3) is 0 Å². The number of carbonyl (C=O) groups excluding carboxylic acids is 1. The van der Waals surface area contributed by atoms with Crippen LogP contribution in [-0.4, -0.2) is 17.4 Å². The first-order chi connectivity index (χ1) is 10.7. The molecule has 0 radical (unpaired) electrons. The molecule has 0 aliphatic rings. The van der Waals surface area contributed by atoms with Gasteiger partial charge in [0.05, 0.1) is 12.1 Å². The molecular formula is C17H22N2O2S. The number of unbranched alkanes of at least 4 members (excludes halogenated alkanes) is 1. The number of hydrogen-bond acceptors (Lipinski definition) is 4. The van der Waals surface area contributed by atoms with E-state index in [1.165, 1.54) is 0 Å². The zero-order valence-electron chi connectivity index (χ0n) is 13.1. The Balaban J connectivity index is 1.86. The van der Waals surface area contributed by atoms with Gasteiger partial charge in [-0.25, -0.2) is 4.98 Å². The first kappa shape index (κ1) is 16.5. The monoisotopic (exact) mass is 318 g/mol. The lowest BCUT2D eigenvalue weighted by atomic mass is 10.3. The highest BCUT2D eigenvalue weighted by Gasteiger charge is 2.12. The topological polar surface area (TPSA) is 51.2 Å². The Labute approximate surface area is 135 Å². The number of rotatable bonds is 8. The molecule has 0 aliphatic carbocycles. The maximum absolute atomic E-state index is 11.9. The minimum absolute atomic E-state index is 0.0655. The van der Waals surface area contributed by atoms with Crippen LogP contribution in [0.5, 0.6) is 5.75 Å². The fraction of sp³-hybridized carbons (Fsp3) is 0.412. The average Bonchev–Trinajstić information content (AvgIpc) is 2.87. The van der Waals surface area contributed by atoms with Crippen LogP contribution in [0.3, 0.4) is 0 Å². The number of ether oxygens (including phenoxy) is 1. The SMILES string of the molecule is CCCCNC(=O)Cc1sc(COc2ccccc2)nc1C. The van der Waals surface area contributed by atoms with Gasteiger partial charge in [0, 0.05) is 11.4 Å². The number of benzene rings is 1. The van der Waals surface area contributed by atoms with E-state index in [0.29, 0.717) is 13.0 Å². The number of carbonyl (C=O) groups is 1. The van der Waals surface area contributed by atoms with Gasteiger partial charge < -0.3 is 10.1 Å². The maximum Gasteiger partial charge on any atom is 0.225 e. The van der Waals surface area contributed by atoms with Crippen LogP contribution in [0.2, 0.25) is 0 Å². The molecule has 0 aliphatic heterocycles. The van der Waals surface area contributed by atoms with Crippen molar-refractivity contribution in [3.8, 4) is 5.75 Å². The predicted molar refractivity (Wildman–Crippen MR) is 89.2 cm³/mol. The molecule has 118 valence electrons. The lowest BCUT2D eigenvalue weighted by molar-refractivity contribution is -0.120. The number of aromatic nitrogens is 1. The predicted octanol–water partition coefficient (Wildman–Crippen LogP) is 3.49. The number of nitrogens with one attached hydrogen (secondary N) is 1. The molecule has 2 rings (SSSR count). The standard InChI is InChI=1S/C17H22N2O2S/c1-3-4-10-18-16(20)11-15-13(2)19-17(22-15)12-21-14-8-6-5-7-9-14/h5-9H,3-4,10-12H2,1-2H3,(H,18,20). The molecule has 1 aromatic carbocycles. The Morgan fingerprint density at radius 1 is 1.32 bits per heavy atom. The number of nitrogens with zero attached hydrogens (tertiary/aromatic N) is 1. The Hall–Kier alpha value is -1.88. The number of amides is 1. The van der Waals surface area contributed by atoms with Crippen molar-refractivity contribution in [1.29, 1.82) is 0 Å². The Bertz CT molecular complexity index is 596. The lowest BCUT2D eigenvalue weighted by Gasteiger charge is -2.03. The first-order valence-corrected chi connectivity index (χ1v) is 8.40. The average molecular weight is 318 g/mol. The summed E-state index contributed by atoms with van der Waals surface area (Å²) >= 11 is 1.55. The largest absolute Gasteiger partial charge is 0.486 e. The zero-order chi connectivity index (χ0) is 15.8. The van der Waals surface area contributed by atoms with Gasteiger partial charge >= 0.3 is 0 Å². The van der Waals surface area contributed by atoms with E-state index >= 15 is 0 Å². The molecule has 22 heavy (non-hydrogen) atoms. The van der Waals surface area contributed by atoms with E-state index in [1.54, 1.807) is 11.3 Å². The Kier molecular flexibility index (Phi) is 6.40. The van der Waals surface area contributed by atoms with Crippen molar-refractivity contribution in [3.63, 3.8) is 0 Å². The number of hydrogen-bond donors (Lipinski definition) is 1. The molecule has 1 heterocycles. The van der Waals surface area contributed by atoms with Crippen molar-refractivity contribution in [2.45, 2.75) is 39.7 Å². The second kappa shape index (κ2) is 8.54. The highest BCUT2D eigenvalue weighted by atomic mass is 32.1. The van der Waals surface area contributed by atoms with Gasteiger partial charge in [0.1, 0.15) is 17.4 Å². The summed E-state index contributed by atoms with van der Waals surface area (Å²) in [6, 6.07) is 9.67. The molecule has 0 atom stereocenters. The van der Waals surface area contributed by atoms with Crippen LogP contribution >= 0.6 is 11.3 Å². The number of thiazole rings is 1. The molecule has 0 bridgehead atoms. The van der Waals surface area contributed by atoms with Gasteiger partial charge in [-0.2, -0.15) is 0 Å². The summed E-state index contributed by atoms with van der Waals surface area (Å²) in [6.07, 6.45) is 2.50. The van der Waals surface area contributed by atoms with Crippen LogP contribution in [0.1, 0.15) is 35.3 Å². The summed E-state index contributed by atoms with van der Waals surface area (Å²) < 4.78 is 5.69. The van der Waals surface area contributed by atoms with Gasteiger partial charge in [0.15, 0.2) is 0 Å². The van der Waals surface area contributed by atoms with Gasteiger partial charge in [-0.3, -0.25) is 4.79 Å². The van der Waals surface area contributed by atoms with E-state index in [9.17, 15) is 4.79 Å².